The summed E-state index contributed by atoms with van der Waals surface area (Å²) in [5.74, 6) is 0.239. The lowest BCUT2D eigenvalue weighted by Crippen LogP contribution is -2.34. The molecular formula is C9H19NO2S. The predicted octanol–water partition coefficient (Wildman–Crippen LogP) is 1.51. The molecule has 0 saturated carbocycles. The summed E-state index contributed by atoms with van der Waals surface area (Å²) < 4.78 is 22.3. The molecule has 78 valence electrons. The zero-order valence-electron chi connectivity index (χ0n) is 8.53. The van der Waals surface area contributed by atoms with Gasteiger partial charge in [-0.25, -0.2) is 13.6 Å². The first-order valence-electron chi connectivity index (χ1n) is 4.43. The lowest BCUT2D eigenvalue weighted by molar-refractivity contribution is 0.479. The Hall–Kier alpha value is -0.350. The molecule has 0 aliphatic rings. The minimum absolute atomic E-state index is 0.0531. The Morgan fingerprint density at radius 3 is 2.08 bits per heavy atom. The van der Waals surface area contributed by atoms with Crippen LogP contribution in [0.2, 0.25) is 0 Å². The summed E-state index contributed by atoms with van der Waals surface area (Å²) in [6.07, 6.45) is 2.31. The van der Waals surface area contributed by atoms with Gasteiger partial charge < -0.3 is 0 Å². The van der Waals surface area contributed by atoms with Gasteiger partial charge in [0.25, 0.3) is 0 Å². The summed E-state index contributed by atoms with van der Waals surface area (Å²) in [6.45, 7) is 9.29. The van der Waals surface area contributed by atoms with Gasteiger partial charge in [-0.1, -0.05) is 26.8 Å². The normalized spacial score (nSPS) is 17.0. The molecule has 0 fully saturated rings. The van der Waals surface area contributed by atoms with E-state index in [2.05, 4.69) is 6.58 Å². The zero-order valence-corrected chi connectivity index (χ0v) is 9.34. The molecule has 0 bridgehead atoms. The average Bonchev–Trinajstić information content (AvgIpc) is 1.96. The van der Waals surface area contributed by atoms with Gasteiger partial charge >= 0.3 is 0 Å². The van der Waals surface area contributed by atoms with Crippen LogP contribution in [-0.2, 0) is 10.0 Å². The van der Waals surface area contributed by atoms with Gasteiger partial charge in [0.15, 0.2) is 0 Å². The van der Waals surface area contributed by atoms with E-state index in [-0.39, 0.29) is 11.8 Å². The van der Waals surface area contributed by atoms with Crippen LogP contribution in [0.15, 0.2) is 12.7 Å². The van der Waals surface area contributed by atoms with Crippen LogP contribution in [0.3, 0.4) is 0 Å². The third kappa shape index (κ3) is 4.43. The number of sulfonamides is 1. The molecule has 0 aliphatic carbocycles. The number of hydrogen-bond donors (Lipinski definition) is 1. The Bertz CT molecular complexity index is 257. The minimum Gasteiger partial charge on any atom is -0.228 e. The summed E-state index contributed by atoms with van der Waals surface area (Å²) in [4.78, 5) is 0. The molecule has 0 saturated heterocycles. The Morgan fingerprint density at radius 1 is 1.38 bits per heavy atom. The second-order valence-electron chi connectivity index (χ2n) is 3.82. The number of primary sulfonamides is 1. The molecule has 0 radical (unpaired) electrons. The van der Waals surface area contributed by atoms with E-state index >= 15 is 0 Å². The molecule has 4 heteroatoms. The highest BCUT2D eigenvalue weighted by Crippen LogP contribution is 2.19. The molecule has 0 rings (SSSR count). The maximum absolute atomic E-state index is 11.2. The standard InChI is InChI=1S/C9H19NO2S/c1-5-8(4)6-9(7(2)3)13(10,11)12/h5,7-9H,1,6H2,2-4H3,(H2,10,11,12)/t8-,9?/m0/s1. The first kappa shape index (κ1) is 12.7. The highest BCUT2D eigenvalue weighted by atomic mass is 32.2. The first-order valence-corrected chi connectivity index (χ1v) is 6.04. The van der Waals surface area contributed by atoms with E-state index in [0.717, 1.165) is 0 Å². The van der Waals surface area contributed by atoms with E-state index in [9.17, 15) is 8.42 Å². The van der Waals surface area contributed by atoms with Gasteiger partial charge in [0.1, 0.15) is 0 Å². The molecule has 0 aromatic carbocycles. The number of allylic oxidation sites excluding steroid dienone is 1. The summed E-state index contributed by atoms with van der Waals surface area (Å²) >= 11 is 0. The van der Waals surface area contributed by atoms with Crippen LogP contribution in [0.25, 0.3) is 0 Å². The topological polar surface area (TPSA) is 60.2 Å². The molecular weight excluding hydrogens is 186 g/mol. The monoisotopic (exact) mass is 205 g/mol. The Balaban J connectivity index is 4.55. The average molecular weight is 205 g/mol. The third-order valence-electron chi connectivity index (χ3n) is 2.17. The summed E-state index contributed by atoms with van der Waals surface area (Å²) in [6, 6.07) is 0. The SMILES string of the molecule is C=C[C@H](C)CC(C(C)C)S(N)(=O)=O. The molecule has 13 heavy (non-hydrogen) atoms. The van der Waals surface area contributed by atoms with Crippen molar-refractivity contribution in [1.82, 2.24) is 0 Å². The van der Waals surface area contributed by atoms with Crippen molar-refractivity contribution < 1.29 is 8.42 Å². The van der Waals surface area contributed by atoms with Crippen molar-refractivity contribution in [1.29, 1.82) is 0 Å². The maximum atomic E-state index is 11.2. The summed E-state index contributed by atoms with van der Waals surface area (Å²) in [5, 5.41) is 4.66. The number of rotatable bonds is 5. The highest BCUT2D eigenvalue weighted by Gasteiger charge is 2.25. The predicted molar refractivity (Wildman–Crippen MR) is 55.7 cm³/mol. The molecule has 0 amide bonds. The largest absolute Gasteiger partial charge is 0.228 e. The minimum atomic E-state index is -3.42. The lowest BCUT2D eigenvalue weighted by Gasteiger charge is -2.20. The quantitative estimate of drug-likeness (QED) is 0.692. The maximum Gasteiger partial charge on any atom is 0.212 e. The molecule has 0 aromatic rings. The van der Waals surface area contributed by atoms with Gasteiger partial charge in [-0.2, -0.15) is 0 Å². The van der Waals surface area contributed by atoms with Gasteiger partial charge in [-0.05, 0) is 18.3 Å². The van der Waals surface area contributed by atoms with Crippen LogP contribution < -0.4 is 5.14 Å². The second kappa shape index (κ2) is 4.77. The third-order valence-corrected chi connectivity index (χ3v) is 3.75. The first-order chi connectivity index (χ1) is 5.79. The number of nitrogens with two attached hydrogens (primary N) is 1. The van der Waals surface area contributed by atoms with Crippen molar-refractivity contribution in [2.24, 2.45) is 17.0 Å². The van der Waals surface area contributed by atoms with Crippen LogP contribution in [0, 0.1) is 11.8 Å². The van der Waals surface area contributed by atoms with Gasteiger partial charge in [0, 0.05) is 0 Å². The summed E-state index contributed by atoms with van der Waals surface area (Å²) in [5.41, 5.74) is 0. The van der Waals surface area contributed by atoms with Gasteiger partial charge in [0.05, 0.1) is 5.25 Å². The van der Waals surface area contributed by atoms with Crippen LogP contribution in [0.5, 0.6) is 0 Å². The van der Waals surface area contributed by atoms with Crippen molar-refractivity contribution in [3.63, 3.8) is 0 Å². The molecule has 2 N–H and O–H groups in total. The second-order valence-corrected chi connectivity index (χ2v) is 5.60. The molecule has 1 unspecified atom stereocenters. The molecule has 0 spiro atoms. The van der Waals surface area contributed by atoms with E-state index in [4.69, 9.17) is 5.14 Å². The lowest BCUT2D eigenvalue weighted by atomic mass is 9.99. The molecule has 0 aromatic heterocycles. The van der Waals surface area contributed by atoms with Crippen molar-refractivity contribution in [2.75, 3.05) is 0 Å². The van der Waals surface area contributed by atoms with Crippen LogP contribution in [-0.4, -0.2) is 13.7 Å². The van der Waals surface area contributed by atoms with Gasteiger partial charge in [0.2, 0.25) is 10.0 Å². The Morgan fingerprint density at radius 2 is 1.85 bits per heavy atom. The van der Waals surface area contributed by atoms with E-state index in [1.165, 1.54) is 0 Å². The fraction of sp³-hybridized carbons (Fsp3) is 0.778. The Kier molecular flexibility index (Phi) is 4.64. The van der Waals surface area contributed by atoms with Gasteiger partial charge in [-0.15, -0.1) is 6.58 Å². The van der Waals surface area contributed by atoms with Crippen LogP contribution in [0.1, 0.15) is 27.2 Å². The fourth-order valence-corrected chi connectivity index (χ4v) is 2.58. The molecule has 0 heterocycles. The highest BCUT2D eigenvalue weighted by molar-refractivity contribution is 7.89. The van der Waals surface area contributed by atoms with E-state index in [1.807, 2.05) is 20.8 Å². The molecule has 2 atom stereocenters. The smallest absolute Gasteiger partial charge is 0.212 e. The van der Waals surface area contributed by atoms with Crippen molar-refractivity contribution >= 4 is 10.0 Å². The van der Waals surface area contributed by atoms with Crippen LogP contribution in [0.4, 0.5) is 0 Å². The fourth-order valence-electron chi connectivity index (χ4n) is 1.25. The zero-order chi connectivity index (χ0) is 10.6. The van der Waals surface area contributed by atoms with E-state index in [0.29, 0.717) is 6.42 Å². The summed E-state index contributed by atoms with van der Waals surface area (Å²) in [7, 11) is -3.42. The molecule has 3 nitrogen and oxygen atoms in total. The van der Waals surface area contributed by atoms with E-state index < -0.39 is 15.3 Å². The number of hydrogen-bond acceptors (Lipinski definition) is 2. The van der Waals surface area contributed by atoms with Crippen LogP contribution >= 0.6 is 0 Å². The van der Waals surface area contributed by atoms with Crippen molar-refractivity contribution in [3.05, 3.63) is 12.7 Å². The van der Waals surface area contributed by atoms with E-state index in [1.54, 1.807) is 6.08 Å². The molecule has 0 aliphatic heterocycles. The van der Waals surface area contributed by atoms with Crippen molar-refractivity contribution in [3.8, 4) is 0 Å². The van der Waals surface area contributed by atoms with Crippen molar-refractivity contribution in [2.45, 2.75) is 32.4 Å². The van der Waals surface area contributed by atoms with Gasteiger partial charge in [-0.3, -0.25) is 0 Å². The Labute approximate surface area is 81.1 Å².